The first-order valence-electron chi connectivity index (χ1n) is 7.72. The number of fused-ring (bicyclic) bond motifs is 1. The third-order valence-corrected chi connectivity index (χ3v) is 4.72. The van der Waals surface area contributed by atoms with Gasteiger partial charge in [0.2, 0.25) is 5.91 Å². The van der Waals surface area contributed by atoms with E-state index in [4.69, 9.17) is 0 Å². The van der Waals surface area contributed by atoms with Gasteiger partial charge >= 0.3 is 18.2 Å². The smallest absolute Gasteiger partial charge is 0.405 e. The molecule has 0 aromatic carbocycles. The first-order chi connectivity index (χ1) is 11.1. The van der Waals surface area contributed by atoms with Gasteiger partial charge in [0.1, 0.15) is 6.54 Å². The number of nitrogens with one attached hydrogen (secondary N) is 2. The van der Waals surface area contributed by atoms with Crippen LogP contribution in [0.25, 0.3) is 0 Å². The van der Waals surface area contributed by atoms with Crippen LogP contribution in [0.4, 0.5) is 18.0 Å². The molecule has 1 aliphatic carbocycles. The molecule has 0 aromatic rings. The average Bonchev–Trinajstić information content (AvgIpc) is 3.00. The Kier molecular flexibility index (Phi) is 5.36. The standard InChI is InChI=1S/C14H20F3N3O4/c15-14(16,17)7-18-12(24)19-10(21)3-5-20-6-9-2-1-4-13(9,8-20)11(22)23/h9H,1-8H2,(H,22,23)(H2,18,19,21,24)/t9-,13+/m0/s1. The molecule has 7 nitrogen and oxygen atoms in total. The summed E-state index contributed by atoms with van der Waals surface area (Å²) in [6.45, 7) is -0.300. The molecular weight excluding hydrogens is 331 g/mol. The highest BCUT2D eigenvalue weighted by atomic mass is 19.4. The second-order valence-electron chi connectivity index (χ2n) is 6.38. The molecular formula is C14H20F3N3O4. The van der Waals surface area contributed by atoms with Crippen LogP contribution in [0.3, 0.4) is 0 Å². The Balaban J connectivity index is 1.73. The number of carbonyl (C=O) groups excluding carboxylic acids is 2. The summed E-state index contributed by atoms with van der Waals surface area (Å²) < 4.78 is 35.8. The van der Waals surface area contributed by atoms with Gasteiger partial charge in [0.25, 0.3) is 0 Å². The largest absolute Gasteiger partial charge is 0.481 e. The third kappa shape index (κ3) is 4.37. The topological polar surface area (TPSA) is 98.7 Å². The van der Waals surface area contributed by atoms with Gasteiger partial charge in [0.15, 0.2) is 0 Å². The summed E-state index contributed by atoms with van der Waals surface area (Å²) in [4.78, 5) is 36.2. The number of carboxylic acids is 1. The number of likely N-dealkylation sites (tertiary alicyclic amines) is 1. The number of rotatable bonds is 5. The molecule has 1 aliphatic heterocycles. The molecule has 0 spiro atoms. The predicted molar refractivity (Wildman–Crippen MR) is 76.1 cm³/mol. The maximum absolute atomic E-state index is 11.9. The fourth-order valence-electron chi connectivity index (χ4n) is 3.59. The van der Waals surface area contributed by atoms with E-state index in [-0.39, 0.29) is 18.9 Å². The lowest BCUT2D eigenvalue weighted by atomic mass is 9.81. The zero-order valence-electron chi connectivity index (χ0n) is 13.0. The van der Waals surface area contributed by atoms with E-state index >= 15 is 0 Å². The molecule has 1 saturated heterocycles. The molecule has 1 heterocycles. The van der Waals surface area contributed by atoms with Crippen LogP contribution in [-0.4, -0.2) is 60.3 Å². The summed E-state index contributed by atoms with van der Waals surface area (Å²) in [6, 6.07) is -1.20. The predicted octanol–water partition coefficient (Wildman–Crippen LogP) is 0.951. The number of carboxylic acid groups (broad SMARTS) is 1. The van der Waals surface area contributed by atoms with Crippen molar-refractivity contribution in [3.63, 3.8) is 0 Å². The van der Waals surface area contributed by atoms with Gasteiger partial charge in [-0.15, -0.1) is 0 Å². The number of amides is 3. The van der Waals surface area contributed by atoms with E-state index in [1.165, 1.54) is 0 Å². The number of halogens is 3. The SMILES string of the molecule is O=C(CCN1C[C@@H]2CCC[C@@]2(C(=O)O)C1)NC(=O)NCC(F)(F)F. The Hall–Kier alpha value is -1.84. The number of hydrogen-bond donors (Lipinski definition) is 3. The quantitative estimate of drug-likeness (QED) is 0.685. The summed E-state index contributed by atoms with van der Waals surface area (Å²) in [5, 5.41) is 12.8. The molecule has 2 aliphatic rings. The van der Waals surface area contributed by atoms with Gasteiger partial charge in [0.05, 0.1) is 5.41 Å². The Morgan fingerprint density at radius 2 is 2.00 bits per heavy atom. The van der Waals surface area contributed by atoms with Gasteiger partial charge in [-0.05, 0) is 18.8 Å². The van der Waals surface area contributed by atoms with Crippen molar-refractivity contribution in [1.82, 2.24) is 15.5 Å². The molecule has 2 rings (SSSR count). The normalized spacial score (nSPS) is 26.9. The van der Waals surface area contributed by atoms with Crippen molar-refractivity contribution in [2.45, 2.75) is 31.9 Å². The second kappa shape index (κ2) is 6.96. The van der Waals surface area contributed by atoms with Gasteiger partial charge in [-0.25, -0.2) is 4.79 Å². The van der Waals surface area contributed by atoms with E-state index in [2.05, 4.69) is 0 Å². The van der Waals surface area contributed by atoms with Crippen LogP contribution in [0, 0.1) is 11.3 Å². The van der Waals surface area contributed by atoms with E-state index in [0.29, 0.717) is 19.5 Å². The number of nitrogens with zero attached hydrogens (tertiary/aromatic N) is 1. The van der Waals surface area contributed by atoms with Crippen LogP contribution in [0.2, 0.25) is 0 Å². The minimum absolute atomic E-state index is 0.0631. The second-order valence-corrected chi connectivity index (χ2v) is 6.38. The van der Waals surface area contributed by atoms with Crippen molar-refractivity contribution in [2.24, 2.45) is 11.3 Å². The third-order valence-electron chi connectivity index (χ3n) is 4.72. The number of hydrogen-bond acceptors (Lipinski definition) is 4. The minimum Gasteiger partial charge on any atom is -0.481 e. The molecule has 2 atom stereocenters. The summed E-state index contributed by atoms with van der Waals surface area (Å²) in [6.07, 6.45) is -2.28. The van der Waals surface area contributed by atoms with Crippen molar-refractivity contribution >= 4 is 17.9 Å². The molecule has 3 amide bonds. The fourth-order valence-corrected chi connectivity index (χ4v) is 3.59. The Morgan fingerprint density at radius 3 is 2.58 bits per heavy atom. The van der Waals surface area contributed by atoms with Crippen molar-refractivity contribution in [3.05, 3.63) is 0 Å². The van der Waals surface area contributed by atoms with Crippen LogP contribution < -0.4 is 10.6 Å². The lowest BCUT2D eigenvalue weighted by molar-refractivity contribution is -0.149. The number of aliphatic carboxylic acids is 1. The van der Waals surface area contributed by atoms with Crippen LogP contribution in [0.1, 0.15) is 25.7 Å². The van der Waals surface area contributed by atoms with Gasteiger partial charge in [-0.3, -0.25) is 14.9 Å². The van der Waals surface area contributed by atoms with Crippen molar-refractivity contribution in [1.29, 1.82) is 0 Å². The van der Waals surface area contributed by atoms with E-state index in [1.807, 2.05) is 10.2 Å². The maximum atomic E-state index is 11.9. The van der Waals surface area contributed by atoms with Crippen molar-refractivity contribution < 1.29 is 32.7 Å². The Morgan fingerprint density at radius 1 is 1.29 bits per heavy atom. The van der Waals surface area contributed by atoms with Gasteiger partial charge in [-0.2, -0.15) is 13.2 Å². The van der Waals surface area contributed by atoms with Crippen molar-refractivity contribution in [3.8, 4) is 0 Å². The molecule has 0 bridgehead atoms. The number of alkyl halides is 3. The molecule has 24 heavy (non-hydrogen) atoms. The Bertz CT molecular complexity index is 526. The van der Waals surface area contributed by atoms with E-state index in [0.717, 1.165) is 12.8 Å². The Labute approximate surface area is 136 Å². The molecule has 0 aromatic heterocycles. The molecule has 136 valence electrons. The van der Waals surface area contributed by atoms with Crippen molar-refractivity contribution in [2.75, 3.05) is 26.2 Å². The molecule has 1 saturated carbocycles. The van der Waals surface area contributed by atoms with Crippen LogP contribution in [0.15, 0.2) is 0 Å². The molecule has 2 fully saturated rings. The zero-order valence-corrected chi connectivity index (χ0v) is 13.0. The highest BCUT2D eigenvalue weighted by molar-refractivity contribution is 5.94. The highest BCUT2D eigenvalue weighted by Gasteiger charge is 2.54. The summed E-state index contributed by atoms with van der Waals surface area (Å²) in [5.74, 6) is -1.45. The number of carbonyl (C=O) groups is 3. The van der Waals surface area contributed by atoms with Crippen LogP contribution in [-0.2, 0) is 9.59 Å². The molecule has 3 N–H and O–H groups in total. The lowest BCUT2D eigenvalue weighted by Gasteiger charge is -2.23. The van der Waals surface area contributed by atoms with Gasteiger partial charge in [0, 0.05) is 26.1 Å². The number of imide groups is 1. The van der Waals surface area contributed by atoms with Crippen LogP contribution in [0.5, 0.6) is 0 Å². The minimum atomic E-state index is -4.54. The monoisotopic (exact) mass is 351 g/mol. The highest BCUT2D eigenvalue weighted by Crippen LogP contribution is 2.48. The summed E-state index contributed by atoms with van der Waals surface area (Å²) in [7, 11) is 0. The number of urea groups is 1. The first-order valence-corrected chi connectivity index (χ1v) is 7.72. The summed E-state index contributed by atoms with van der Waals surface area (Å²) in [5.41, 5.74) is -0.749. The van der Waals surface area contributed by atoms with E-state index < -0.39 is 36.0 Å². The van der Waals surface area contributed by atoms with E-state index in [9.17, 15) is 32.7 Å². The fraction of sp³-hybridized carbons (Fsp3) is 0.786. The molecule has 0 radical (unpaired) electrons. The van der Waals surface area contributed by atoms with Crippen LogP contribution >= 0.6 is 0 Å². The molecule has 10 heteroatoms. The first kappa shape index (κ1) is 18.5. The van der Waals surface area contributed by atoms with E-state index in [1.54, 1.807) is 5.32 Å². The lowest BCUT2D eigenvalue weighted by Crippen LogP contribution is -2.44. The average molecular weight is 351 g/mol. The molecule has 0 unspecified atom stereocenters. The summed E-state index contributed by atoms with van der Waals surface area (Å²) >= 11 is 0. The zero-order chi connectivity index (χ0) is 18.0. The van der Waals surface area contributed by atoms with Gasteiger partial charge in [-0.1, -0.05) is 6.42 Å². The van der Waals surface area contributed by atoms with Gasteiger partial charge < -0.3 is 15.3 Å². The maximum Gasteiger partial charge on any atom is 0.405 e.